The molecular weight excluding hydrogens is 328 g/mol. The molecule has 2 nitrogen and oxygen atoms in total. The minimum absolute atomic E-state index is 0.247. The molecule has 1 rings (SSSR count). The maximum atomic E-state index is 11.8. The van der Waals surface area contributed by atoms with Crippen LogP contribution in [0.15, 0.2) is 54.6 Å². The molecule has 0 amide bonds. The first kappa shape index (κ1) is 19.7. The lowest BCUT2D eigenvalue weighted by Crippen LogP contribution is -2.11. The number of halogens is 1. The van der Waals surface area contributed by atoms with E-state index >= 15 is 0 Å². The first-order valence-electron chi connectivity index (χ1n) is 7.43. The SMILES string of the molecule is CC.CC/C=C\C=C/CCOC(=O)C(Br)c1ccccc1. The molecule has 0 N–H and O–H groups in total. The Labute approximate surface area is 137 Å². The summed E-state index contributed by atoms with van der Waals surface area (Å²) in [6, 6.07) is 9.52. The maximum absolute atomic E-state index is 11.8. The molecule has 0 radical (unpaired) electrons. The van der Waals surface area contributed by atoms with Crippen LogP contribution < -0.4 is 0 Å². The Morgan fingerprint density at radius 3 is 2.43 bits per heavy atom. The fraction of sp³-hybridized carbons (Fsp3) is 0.389. The summed E-state index contributed by atoms with van der Waals surface area (Å²) in [5.41, 5.74) is 0.911. The Balaban J connectivity index is 0.00000191. The minimum atomic E-state index is -0.391. The fourth-order valence-corrected chi connectivity index (χ4v) is 1.89. The van der Waals surface area contributed by atoms with Crippen LogP contribution in [0.2, 0.25) is 0 Å². The second-order valence-corrected chi connectivity index (χ2v) is 4.91. The van der Waals surface area contributed by atoms with Crippen molar-refractivity contribution in [3.8, 4) is 0 Å². The fourth-order valence-electron chi connectivity index (χ4n) is 1.45. The Kier molecular flexibility index (Phi) is 12.7. The summed E-state index contributed by atoms with van der Waals surface area (Å²) in [6.45, 7) is 6.50. The molecular formula is C18H25BrO2. The molecule has 1 unspecified atom stereocenters. The van der Waals surface area contributed by atoms with Crippen molar-refractivity contribution in [2.24, 2.45) is 0 Å². The maximum Gasteiger partial charge on any atom is 0.324 e. The van der Waals surface area contributed by atoms with Crippen LogP contribution in [-0.2, 0) is 9.53 Å². The van der Waals surface area contributed by atoms with Crippen LogP contribution in [0.4, 0.5) is 0 Å². The first-order chi connectivity index (χ1) is 10.3. The molecule has 1 aromatic rings. The number of rotatable bonds is 7. The summed E-state index contributed by atoms with van der Waals surface area (Å²) in [4.78, 5) is 11.4. The van der Waals surface area contributed by atoms with E-state index in [-0.39, 0.29) is 5.97 Å². The average Bonchev–Trinajstić information content (AvgIpc) is 2.55. The summed E-state index contributed by atoms with van der Waals surface area (Å²) in [5, 5.41) is 0. The third-order valence-electron chi connectivity index (χ3n) is 2.45. The van der Waals surface area contributed by atoms with E-state index in [9.17, 15) is 4.79 Å². The minimum Gasteiger partial charge on any atom is -0.464 e. The zero-order valence-electron chi connectivity index (χ0n) is 13.1. The van der Waals surface area contributed by atoms with Crippen molar-refractivity contribution in [3.05, 3.63) is 60.2 Å². The van der Waals surface area contributed by atoms with Crippen LogP contribution in [0.3, 0.4) is 0 Å². The van der Waals surface area contributed by atoms with Crippen LogP contribution in [0.5, 0.6) is 0 Å². The van der Waals surface area contributed by atoms with Crippen LogP contribution in [0.1, 0.15) is 44.0 Å². The molecule has 0 aliphatic carbocycles. The number of benzene rings is 1. The van der Waals surface area contributed by atoms with Gasteiger partial charge >= 0.3 is 5.97 Å². The van der Waals surface area contributed by atoms with Gasteiger partial charge in [0.15, 0.2) is 0 Å². The first-order valence-corrected chi connectivity index (χ1v) is 8.34. The second kappa shape index (κ2) is 13.6. The van der Waals surface area contributed by atoms with Crippen LogP contribution in [0.25, 0.3) is 0 Å². The van der Waals surface area contributed by atoms with Gasteiger partial charge in [0.1, 0.15) is 4.83 Å². The standard InChI is InChI=1S/C16H19BrO2.C2H6/c1-2-3-4-5-6-10-13-19-16(18)15(17)14-11-8-7-9-12-14;1-2/h3-9,11-12,15H,2,10,13H2,1H3;1-2H3/b4-3-,6-5-;. The number of ether oxygens (including phenoxy) is 1. The van der Waals surface area contributed by atoms with Crippen molar-refractivity contribution in [1.82, 2.24) is 0 Å². The molecule has 0 spiro atoms. The Morgan fingerprint density at radius 2 is 1.81 bits per heavy atom. The van der Waals surface area contributed by atoms with Crippen molar-refractivity contribution in [3.63, 3.8) is 0 Å². The van der Waals surface area contributed by atoms with Gasteiger partial charge in [-0.05, 0) is 18.4 Å². The van der Waals surface area contributed by atoms with Gasteiger partial charge in [0.2, 0.25) is 0 Å². The van der Waals surface area contributed by atoms with E-state index in [1.807, 2.05) is 62.4 Å². The quantitative estimate of drug-likeness (QED) is 0.276. The predicted molar refractivity (Wildman–Crippen MR) is 93.6 cm³/mol. The van der Waals surface area contributed by atoms with Crippen molar-refractivity contribution in [1.29, 1.82) is 0 Å². The number of hydrogen-bond donors (Lipinski definition) is 0. The van der Waals surface area contributed by atoms with E-state index in [2.05, 4.69) is 28.9 Å². The molecule has 0 aliphatic heterocycles. The Hall–Kier alpha value is -1.35. The number of esters is 1. The molecule has 1 atom stereocenters. The van der Waals surface area contributed by atoms with Gasteiger partial charge in [-0.1, -0.05) is 91.3 Å². The molecule has 0 saturated heterocycles. The molecule has 21 heavy (non-hydrogen) atoms. The number of alkyl halides is 1. The Bertz CT molecular complexity index is 424. The van der Waals surface area contributed by atoms with E-state index in [4.69, 9.17) is 4.74 Å². The molecule has 0 heterocycles. The van der Waals surface area contributed by atoms with E-state index in [1.165, 1.54) is 0 Å². The summed E-state index contributed by atoms with van der Waals surface area (Å²) in [6.07, 6.45) is 9.80. The van der Waals surface area contributed by atoms with Gasteiger partial charge in [0.05, 0.1) is 6.61 Å². The molecule has 0 aromatic heterocycles. The average molecular weight is 353 g/mol. The highest BCUT2D eigenvalue weighted by atomic mass is 79.9. The van der Waals surface area contributed by atoms with Gasteiger partial charge in [-0.3, -0.25) is 4.79 Å². The zero-order chi connectivity index (χ0) is 15.9. The molecule has 116 valence electrons. The van der Waals surface area contributed by atoms with Gasteiger partial charge in [-0.25, -0.2) is 0 Å². The topological polar surface area (TPSA) is 26.3 Å². The highest BCUT2D eigenvalue weighted by Crippen LogP contribution is 2.23. The van der Waals surface area contributed by atoms with Crippen molar-refractivity contribution in [2.45, 2.75) is 38.4 Å². The second-order valence-electron chi connectivity index (χ2n) is 3.99. The summed E-state index contributed by atoms with van der Waals surface area (Å²) in [7, 11) is 0. The molecule has 1 aromatic carbocycles. The third kappa shape index (κ3) is 9.24. The molecule has 0 fully saturated rings. The van der Waals surface area contributed by atoms with Crippen molar-refractivity contribution >= 4 is 21.9 Å². The zero-order valence-corrected chi connectivity index (χ0v) is 14.7. The smallest absolute Gasteiger partial charge is 0.324 e. The number of hydrogen-bond acceptors (Lipinski definition) is 2. The van der Waals surface area contributed by atoms with E-state index in [1.54, 1.807) is 0 Å². The lowest BCUT2D eigenvalue weighted by Gasteiger charge is -2.09. The number of carbonyl (C=O) groups is 1. The van der Waals surface area contributed by atoms with Crippen molar-refractivity contribution < 1.29 is 9.53 Å². The van der Waals surface area contributed by atoms with Crippen LogP contribution in [-0.4, -0.2) is 12.6 Å². The summed E-state index contributed by atoms with van der Waals surface area (Å²) < 4.78 is 5.20. The number of carbonyl (C=O) groups excluding carboxylic acids is 1. The largest absolute Gasteiger partial charge is 0.464 e. The highest BCUT2D eigenvalue weighted by molar-refractivity contribution is 9.09. The monoisotopic (exact) mass is 352 g/mol. The molecule has 0 saturated carbocycles. The van der Waals surface area contributed by atoms with Gasteiger partial charge in [-0.2, -0.15) is 0 Å². The highest BCUT2D eigenvalue weighted by Gasteiger charge is 2.17. The summed E-state index contributed by atoms with van der Waals surface area (Å²) >= 11 is 3.35. The predicted octanol–water partition coefficient (Wildman–Crippen LogP) is 5.60. The normalized spacial score (nSPS) is 12.0. The van der Waals surface area contributed by atoms with E-state index in [0.29, 0.717) is 6.61 Å². The molecule has 0 aliphatic rings. The van der Waals surface area contributed by atoms with Gasteiger partial charge in [0.25, 0.3) is 0 Å². The van der Waals surface area contributed by atoms with Gasteiger partial charge < -0.3 is 4.74 Å². The van der Waals surface area contributed by atoms with Gasteiger partial charge in [-0.15, -0.1) is 0 Å². The molecule has 0 bridgehead atoms. The Morgan fingerprint density at radius 1 is 1.19 bits per heavy atom. The lowest BCUT2D eigenvalue weighted by molar-refractivity contribution is -0.142. The molecule has 3 heteroatoms. The van der Waals surface area contributed by atoms with Crippen LogP contribution in [0, 0.1) is 0 Å². The van der Waals surface area contributed by atoms with Gasteiger partial charge in [0, 0.05) is 0 Å². The lowest BCUT2D eigenvalue weighted by atomic mass is 10.1. The van der Waals surface area contributed by atoms with E-state index in [0.717, 1.165) is 18.4 Å². The van der Waals surface area contributed by atoms with Crippen LogP contribution >= 0.6 is 15.9 Å². The van der Waals surface area contributed by atoms with E-state index < -0.39 is 4.83 Å². The number of allylic oxidation sites excluding steroid dienone is 3. The van der Waals surface area contributed by atoms with Crippen molar-refractivity contribution in [2.75, 3.05) is 6.61 Å². The third-order valence-corrected chi connectivity index (χ3v) is 3.35. The summed E-state index contributed by atoms with van der Waals surface area (Å²) in [5.74, 6) is -0.247.